The third-order valence-corrected chi connectivity index (χ3v) is 4.06. The molecule has 1 aromatic heterocycles. The summed E-state index contributed by atoms with van der Waals surface area (Å²) in [4.78, 5) is 0. The summed E-state index contributed by atoms with van der Waals surface area (Å²) < 4.78 is 48.5. The molecule has 3 rings (SSSR count). The molecule has 0 bridgehead atoms. The molecule has 0 aliphatic carbocycles. The zero-order chi connectivity index (χ0) is 18.9. The number of aryl methyl sites for hydroxylation is 1. The lowest BCUT2D eigenvalue weighted by Crippen LogP contribution is -2.03. The standard InChI is InChI=1S/C19H16F3NO3/c1-3-11-8-14(16(24)10-17(11)25-2)18-9-15(23-26-18)12-4-6-13(7-5-12)19(20,21)22/h4-10,24H,3H2,1-2H3. The van der Waals surface area contributed by atoms with Crippen LogP contribution in [-0.2, 0) is 12.6 Å². The molecule has 1 N–H and O–H groups in total. The normalized spacial score (nSPS) is 11.6. The van der Waals surface area contributed by atoms with Crippen molar-refractivity contribution in [2.24, 2.45) is 0 Å². The summed E-state index contributed by atoms with van der Waals surface area (Å²) in [7, 11) is 1.52. The van der Waals surface area contributed by atoms with E-state index in [1.807, 2.05) is 6.92 Å². The zero-order valence-corrected chi connectivity index (χ0v) is 14.1. The zero-order valence-electron chi connectivity index (χ0n) is 14.1. The summed E-state index contributed by atoms with van der Waals surface area (Å²) in [6.07, 6.45) is -3.70. The lowest BCUT2D eigenvalue weighted by molar-refractivity contribution is -0.137. The van der Waals surface area contributed by atoms with E-state index >= 15 is 0 Å². The van der Waals surface area contributed by atoms with Gasteiger partial charge in [-0.1, -0.05) is 24.2 Å². The first-order valence-corrected chi connectivity index (χ1v) is 7.88. The molecule has 0 spiro atoms. The van der Waals surface area contributed by atoms with Crippen LogP contribution in [0.1, 0.15) is 18.1 Å². The minimum atomic E-state index is -4.39. The van der Waals surface area contributed by atoms with Gasteiger partial charge in [-0.05, 0) is 30.2 Å². The van der Waals surface area contributed by atoms with Crippen LogP contribution >= 0.6 is 0 Å². The number of aromatic nitrogens is 1. The van der Waals surface area contributed by atoms with Gasteiger partial charge in [0, 0.05) is 17.7 Å². The molecule has 2 aromatic carbocycles. The molecule has 4 nitrogen and oxygen atoms in total. The van der Waals surface area contributed by atoms with Gasteiger partial charge in [-0.25, -0.2) is 0 Å². The van der Waals surface area contributed by atoms with Crippen molar-refractivity contribution < 1.29 is 27.5 Å². The Labute approximate surface area is 147 Å². The predicted molar refractivity (Wildman–Crippen MR) is 90.0 cm³/mol. The molecule has 3 aromatic rings. The van der Waals surface area contributed by atoms with Crippen molar-refractivity contribution >= 4 is 0 Å². The van der Waals surface area contributed by atoms with Gasteiger partial charge in [-0.2, -0.15) is 13.2 Å². The van der Waals surface area contributed by atoms with Crippen LogP contribution in [0, 0.1) is 0 Å². The quantitative estimate of drug-likeness (QED) is 0.683. The summed E-state index contributed by atoms with van der Waals surface area (Å²) in [5.74, 6) is 0.847. The molecular formula is C19H16F3NO3. The first-order valence-electron chi connectivity index (χ1n) is 7.88. The number of nitrogens with zero attached hydrogens (tertiary/aromatic N) is 1. The molecule has 0 radical (unpaired) electrons. The van der Waals surface area contributed by atoms with Gasteiger partial charge >= 0.3 is 6.18 Å². The Balaban J connectivity index is 1.95. The lowest BCUT2D eigenvalue weighted by Gasteiger charge is -2.09. The van der Waals surface area contributed by atoms with Gasteiger partial charge in [0.1, 0.15) is 17.2 Å². The number of methoxy groups -OCH3 is 1. The Morgan fingerprint density at radius 3 is 2.38 bits per heavy atom. The number of phenolic OH excluding ortho intramolecular Hbond substituents is 1. The van der Waals surface area contributed by atoms with Crippen molar-refractivity contribution in [2.75, 3.05) is 7.11 Å². The van der Waals surface area contributed by atoms with Crippen molar-refractivity contribution in [3.05, 3.63) is 53.6 Å². The average molecular weight is 363 g/mol. The van der Waals surface area contributed by atoms with E-state index in [-0.39, 0.29) is 5.75 Å². The van der Waals surface area contributed by atoms with E-state index in [1.54, 1.807) is 12.1 Å². The number of ether oxygens (including phenoxy) is 1. The van der Waals surface area contributed by atoms with E-state index < -0.39 is 11.7 Å². The molecule has 0 unspecified atom stereocenters. The second kappa shape index (κ2) is 6.74. The van der Waals surface area contributed by atoms with Crippen molar-refractivity contribution in [1.29, 1.82) is 0 Å². The van der Waals surface area contributed by atoms with E-state index in [2.05, 4.69) is 5.16 Å². The van der Waals surface area contributed by atoms with Gasteiger partial charge in [0.05, 0.1) is 18.2 Å². The number of hydrogen-bond acceptors (Lipinski definition) is 4. The molecule has 0 fully saturated rings. The first-order chi connectivity index (χ1) is 12.3. The molecule has 136 valence electrons. The van der Waals surface area contributed by atoms with Gasteiger partial charge in [0.2, 0.25) is 0 Å². The molecule has 26 heavy (non-hydrogen) atoms. The van der Waals surface area contributed by atoms with Crippen LogP contribution in [0.25, 0.3) is 22.6 Å². The fourth-order valence-electron chi connectivity index (χ4n) is 2.65. The van der Waals surface area contributed by atoms with E-state index in [4.69, 9.17) is 9.26 Å². The van der Waals surface area contributed by atoms with E-state index in [0.717, 1.165) is 17.7 Å². The number of phenols is 1. The van der Waals surface area contributed by atoms with E-state index in [9.17, 15) is 18.3 Å². The summed E-state index contributed by atoms with van der Waals surface area (Å²) in [6, 6.07) is 9.45. The Bertz CT molecular complexity index is 915. The number of halogens is 3. The highest BCUT2D eigenvalue weighted by Gasteiger charge is 2.30. The molecule has 0 saturated heterocycles. The Hall–Kier alpha value is -2.96. The Morgan fingerprint density at radius 1 is 1.12 bits per heavy atom. The Morgan fingerprint density at radius 2 is 1.81 bits per heavy atom. The van der Waals surface area contributed by atoms with Crippen LogP contribution < -0.4 is 4.74 Å². The molecule has 1 heterocycles. The highest BCUT2D eigenvalue weighted by Crippen LogP contribution is 2.37. The summed E-state index contributed by atoms with van der Waals surface area (Å²) in [5, 5.41) is 14.1. The maximum absolute atomic E-state index is 12.7. The number of rotatable bonds is 4. The second-order valence-corrected chi connectivity index (χ2v) is 5.69. The second-order valence-electron chi connectivity index (χ2n) is 5.69. The Kier molecular flexibility index (Phi) is 4.63. The van der Waals surface area contributed by atoms with Crippen molar-refractivity contribution in [2.45, 2.75) is 19.5 Å². The number of hydrogen-bond donors (Lipinski definition) is 1. The minimum Gasteiger partial charge on any atom is -0.507 e. The molecule has 0 aliphatic rings. The third kappa shape index (κ3) is 3.37. The van der Waals surface area contributed by atoms with Gasteiger partial charge in [0.15, 0.2) is 5.76 Å². The van der Waals surface area contributed by atoms with Crippen molar-refractivity contribution in [3.63, 3.8) is 0 Å². The third-order valence-electron chi connectivity index (χ3n) is 4.06. The molecule has 0 aliphatic heterocycles. The molecular weight excluding hydrogens is 347 g/mol. The van der Waals surface area contributed by atoms with Gasteiger partial charge in [-0.3, -0.25) is 0 Å². The van der Waals surface area contributed by atoms with Crippen molar-refractivity contribution in [1.82, 2.24) is 5.16 Å². The van der Waals surface area contributed by atoms with Crippen LogP contribution in [0.4, 0.5) is 13.2 Å². The SMILES string of the molecule is CCc1cc(-c2cc(-c3ccc(C(F)(F)F)cc3)no2)c(O)cc1OC. The minimum absolute atomic E-state index is 0.0332. The molecule has 0 saturated carbocycles. The van der Waals surface area contributed by atoms with Crippen LogP contribution in [-0.4, -0.2) is 17.4 Å². The van der Waals surface area contributed by atoms with Crippen LogP contribution in [0.3, 0.4) is 0 Å². The van der Waals surface area contributed by atoms with Crippen LogP contribution in [0.15, 0.2) is 47.0 Å². The van der Waals surface area contributed by atoms with Crippen molar-refractivity contribution in [3.8, 4) is 34.1 Å². The summed E-state index contributed by atoms with van der Waals surface area (Å²) in [6.45, 7) is 1.95. The fraction of sp³-hybridized carbons (Fsp3) is 0.211. The maximum Gasteiger partial charge on any atom is 0.416 e. The molecule has 0 atom stereocenters. The smallest absolute Gasteiger partial charge is 0.416 e. The number of benzene rings is 2. The fourth-order valence-corrected chi connectivity index (χ4v) is 2.65. The van der Waals surface area contributed by atoms with E-state index in [1.165, 1.54) is 25.3 Å². The van der Waals surface area contributed by atoms with Gasteiger partial charge in [0.25, 0.3) is 0 Å². The molecule has 0 amide bonds. The van der Waals surface area contributed by atoms with Gasteiger partial charge < -0.3 is 14.4 Å². The number of alkyl halides is 3. The molecule has 7 heteroatoms. The topological polar surface area (TPSA) is 55.5 Å². The summed E-state index contributed by atoms with van der Waals surface area (Å²) in [5.41, 5.74) is 1.45. The van der Waals surface area contributed by atoms with Crippen LogP contribution in [0.5, 0.6) is 11.5 Å². The monoisotopic (exact) mass is 363 g/mol. The highest BCUT2D eigenvalue weighted by atomic mass is 19.4. The van der Waals surface area contributed by atoms with Crippen LogP contribution in [0.2, 0.25) is 0 Å². The first kappa shape index (κ1) is 17.8. The maximum atomic E-state index is 12.7. The number of aromatic hydroxyl groups is 1. The highest BCUT2D eigenvalue weighted by molar-refractivity contribution is 5.72. The average Bonchev–Trinajstić information content (AvgIpc) is 3.10. The predicted octanol–water partition coefficient (Wildman–Crippen LogP) is 5.30. The lowest BCUT2D eigenvalue weighted by atomic mass is 10.0. The van der Waals surface area contributed by atoms with Gasteiger partial charge in [-0.15, -0.1) is 0 Å². The summed E-state index contributed by atoms with van der Waals surface area (Å²) >= 11 is 0. The van der Waals surface area contributed by atoms with E-state index in [0.29, 0.717) is 34.8 Å². The largest absolute Gasteiger partial charge is 0.507 e.